The molecule has 1 amide bonds. The number of aryl methyl sites for hydroxylation is 2. The molecule has 0 atom stereocenters. The third kappa shape index (κ3) is 2.89. The van der Waals surface area contributed by atoms with Gasteiger partial charge in [-0.2, -0.15) is 10.5 Å². The minimum atomic E-state index is -0.748. The molecule has 1 aliphatic rings. The van der Waals surface area contributed by atoms with Crippen LogP contribution in [0.25, 0.3) is 0 Å². The van der Waals surface area contributed by atoms with E-state index in [4.69, 9.17) is 15.3 Å². The van der Waals surface area contributed by atoms with Gasteiger partial charge in [0.15, 0.2) is 11.3 Å². The second-order valence-corrected chi connectivity index (χ2v) is 6.26. The van der Waals surface area contributed by atoms with Crippen LogP contribution in [0.15, 0.2) is 40.7 Å². The lowest BCUT2D eigenvalue weighted by Gasteiger charge is -2.20. The monoisotopic (exact) mass is 321 g/mol. The molecule has 1 aromatic rings. The van der Waals surface area contributed by atoms with Crippen molar-refractivity contribution in [2.24, 2.45) is 0 Å². The highest BCUT2D eigenvalue weighted by molar-refractivity contribution is 6.08. The Hall–Kier alpha value is -3.05. The lowest BCUT2D eigenvalue weighted by molar-refractivity contribution is -0.112. The van der Waals surface area contributed by atoms with Crippen molar-refractivity contribution >= 4 is 11.6 Å². The van der Waals surface area contributed by atoms with Crippen LogP contribution < -0.4 is 5.32 Å². The number of nitrogens with one attached hydrogen (secondary N) is 1. The van der Waals surface area contributed by atoms with Gasteiger partial charge in [-0.15, -0.1) is 0 Å². The van der Waals surface area contributed by atoms with Gasteiger partial charge >= 0.3 is 0 Å². The van der Waals surface area contributed by atoms with E-state index in [2.05, 4.69) is 5.32 Å². The number of hydrogen-bond donors (Lipinski definition) is 1. The Kier molecular flexibility index (Phi) is 4.48. The molecule has 1 aromatic carbocycles. The van der Waals surface area contributed by atoms with Crippen LogP contribution in [-0.2, 0) is 9.53 Å². The van der Waals surface area contributed by atoms with Crippen LogP contribution >= 0.6 is 0 Å². The quantitative estimate of drug-likeness (QED) is 0.842. The van der Waals surface area contributed by atoms with E-state index < -0.39 is 5.60 Å². The molecule has 0 saturated heterocycles. The van der Waals surface area contributed by atoms with Crippen LogP contribution in [0.3, 0.4) is 0 Å². The van der Waals surface area contributed by atoms with Crippen molar-refractivity contribution in [2.45, 2.75) is 40.2 Å². The number of amides is 1. The smallest absolute Gasteiger partial charge is 0.259 e. The highest BCUT2D eigenvalue weighted by Crippen LogP contribution is 2.40. The van der Waals surface area contributed by atoms with Crippen molar-refractivity contribution < 1.29 is 9.53 Å². The summed E-state index contributed by atoms with van der Waals surface area (Å²) in [4.78, 5) is 12.9. The average molecular weight is 321 g/mol. The van der Waals surface area contributed by atoms with Gasteiger partial charge in [0.1, 0.15) is 17.7 Å². The zero-order valence-electron chi connectivity index (χ0n) is 14.4. The molecule has 2 rings (SSSR count). The van der Waals surface area contributed by atoms with Gasteiger partial charge in [-0.1, -0.05) is 18.2 Å². The van der Waals surface area contributed by atoms with Crippen molar-refractivity contribution in [3.63, 3.8) is 0 Å². The van der Waals surface area contributed by atoms with Crippen LogP contribution in [0.2, 0.25) is 0 Å². The topological polar surface area (TPSA) is 85.9 Å². The van der Waals surface area contributed by atoms with Gasteiger partial charge in [0.25, 0.3) is 5.91 Å². The molecule has 5 nitrogen and oxygen atoms in total. The molecule has 0 spiro atoms. The number of nitriles is 2. The fraction of sp³-hybridized carbons (Fsp3) is 0.316. The number of carbonyl (C=O) groups is 1. The second kappa shape index (κ2) is 6.22. The van der Waals surface area contributed by atoms with Crippen molar-refractivity contribution in [3.05, 3.63) is 51.8 Å². The first-order valence-electron chi connectivity index (χ1n) is 7.55. The van der Waals surface area contributed by atoms with Crippen LogP contribution in [0.4, 0.5) is 5.69 Å². The molecule has 122 valence electrons. The zero-order chi connectivity index (χ0) is 18.1. The summed E-state index contributed by atoms with van der Waals surface area (Å²) in [5.41, 5.74) is 2.58. The molecule has 0 aromatic heterocycles. The number of carbonyl (C=O) groups excluding carboxylic acids is 1. The van der Waals surface area contributed by atoms with Gasteiger partial charge in [-0.3, -0.25) is 4.79 Å². The van der Waals surface area contributed by atoms with Crippen LogP contribution in [0.5, 0.6) is 0 Å². The predicted octanol–water partition coefficient (Wildman–Crippen LogP) is 3.67. The minimum Gasteiger partial charge on any atom is -0.480 e. The second-order valence-electron chi connectivity index (χ2n) is 6.26. The standard InChI is InChI=1S/C19H19N3O2/c1-11-7-6-8-12(2)16(11)22-18(23)15-13(3)19(4,5)24-17(15)14(9-20)10-21/h6-8H,1-5H3,(H,22,23). The molecule has 0 fully saturated rings. The SMILES string of the molecule is CC1=C(C(=O)Nc2c(C)cccc2C)C(=C(C#N)C#N)OC1(C)C. The molecule has 0 aliphatic carbocycles. The molecule has 0 bridgehead atoms. The first-order valence-corrected chi connectivity index (χ1v) is 7.55. The Balaban J connectivity index is 2.54. The van der Waals surface area contributed by atoms with Crippen molar-refractivity contribution in [3.8, 4) is 12.1 Å². The van der Waals surface area contributed by atoms with Crippen LogP contribution in [0, 0.1) is 36.5 Å². The average Bonchev–Trinajstić information content (AvgIpc) is 2.75. The van der Waals surface area contributed by atoms with Gasteiger partial charge in [-0.05, 0) is 51.3 Å². The summed E-state index contributed by atoms with van der Waals surface area (Å²) < 4.78 is 5.74. The van der Waals surface area contributed by atoms with Gasteiger partial charge in [-0.25, -0.2) is 0 Å². The summed E-state index contributed by atoms with van der Waals surface area (Å²) in [5.74, 6) is -0.334. The summed E-state index contributed by atoms with van der Waals surface area (Å²) in [7, 11) is 0. The zero-order valence-corrected chi connectivity index (χ0v) is 14.4. The molecule has 1 aliphatic heterocycles. The number of ether oxygens (including phenoxy) is 1. The van der Waals surface area contributed by atoms with E-state index in [-0.39, 0.29) is 22.8 Å². The van der Waals surface area contributed by atoms with Gasteiger partial charge in [0.05, 0.1) is 5.57 Å². The molecule has 0 radical (unpaired) electrons. The first-order chi connectivity index (χ1) is 11.2. The fourth-order valence-electron chi connectivity index (χ4n) is 2.62. The molecule has 0 unspecified atom stereocenters. The van der Waals surface area contributed by atoms with Gasteiger partial charge < -0.3 is 10.1 Å². The maximum Gasteiger partial charge on any atom is 0.259 e. The third-order valence-corrected chi connectivity index (χ3v) is 4.26. The number of benzene rings is 1. The predicted molar refractivity (Wildman–Crippen MR) is 90.7 cm³/mol. The summed E-state index contributed by atoms with van der Waals surface area (Å²) in [6, 6.07) is 9.34. The maximum absolute atomic E-state index is 12.9. The highest BCUT2D eigenvalue weighted by atomic mass is 16.5. The lowest BCUT2D eigenvalue weighted by atomic mass is 9.95. The molecule has 24 heavy (non-hydrogen) atoms. The summed E-state index contributed by atoms with van der Waals surface area (Å²) in [6.45, 7) is 9.19. The maximum atomic E-state index is 12.9. The lowest BCUT2D eigenvalue weighted by Crippen LogP contribution is -2.20. The number of allylic oxidation sites excluding steroid dienone is 1. The molecule has 0 saturated carbocycles. The van der Waals surface area contributed by atoms with E-state index in [1.54, 1.807) is 32.9 Å². The number of nitrogens with zero attached hydrogens (tertiary/aromatic N) is 2. The Morgan fingerprint density at radius 2 is 1.67 bits per heavy atom. The summed E-state index contributed by atoms with van der Waals surface area (Å²) in [6.07, 6.45) is 0. The molecule has 1 heterocycles. The molecule has 1 N–H and O–H groups in total. The number of rotatable bonds is 2. The van der Waals surface area contributed by atoms with E-state index >= 15 is 0 Å². The number of para-hydroxylation sites is 1. The molecular weight excluding hydrogens is 302 g/mol. The van der Waals surface area contributed by atoms with Gasteiger partial charge in [0, 0.05) is 5.69 Å². The first kappa shape index (κ1) is 17.3. The summed E-state index contributed by atoms with van der Waals surface area (Å²) in [5, 5.41) is 21.2. The number of hydrogen-bond acceptors (Lipinski definition) is 4. The normalized spacial score (nSPS) is 15.4. The molecular formula is C19H19N3O2. The van der Waals surface area contributed by atoms with E-state index in [1.165, 1.54) is 0 Å². The number of anilines is 1. The van der Waals surface area contributed by atoms with E-state index in [0.29, 0.717) is 5.57 Å². The third-order valence-electron chi connectivity index (χ3n) is 4.26. The molecule has 5 heteroatoms. The fourth-order valence-corrected chi connectivity index (χ4v) is 2.62. The van der Waals surface area contributed by atoms with E-state index in [9.17, 15) is 4.79 Å². The van der Waals surface area contributed by atoms with E-state index in [0.717, 1.165) is 16.8 Å². The Bertz CT molecular complexity index is 825. The Labute approximate surface area is 141 Å². The van der Waals surface area contributed by atoms with Gasteiger partial charge in [0.2, 0.25) is 0 Å². The van der Waals surface area contributed by atoms with Crippen molar-refractivity contribution in [1.29, 1.82) is 10.5 Å². The largest absolute Gasteiger partial charge is 0.480 e. The van der Waals surface area contributed by atoms with Crippen molar-refractivity contribution in [2.75, 3.05) is 5.32 Å². The Morgan fingerprint density at radius 1 is 1.12 bits per heavy atom. The highest BCUT2D eigenvalue weighted by Gasteiger charge is 2.40. The minimum absolute atomic E-state index is 0.0474. The van der Waals surface area contributed by atoms with Crippen molar-refractivity contribution in [1.82, 2.24) is 0 Å². The Morgan fingerprint density at radius 3 is 2.17 bits per heavy atom. The van der Waals surface area contributed by atoms with E-state index in [1.807, 2.05) is 32.0 Å². The van der Waals surface area contributed by atoms with Crippen LogP contribution in [-0.4, -0.2) is 11.5 Å². The van der Waals surface area contributed by atoms with Crippen LogP contribution in [0.1, 0.15) is 31.9 Å². The summed E-state index contributed by atoms with van der Waals surface area (Å²) >= 11 is 0.